The van der Waals surface area contributed by atoms with Gasteiger partial charge in [-0.1, -0.05) is 111 Å². The monoisotopic (exact) mass is 1240 g/mol. The molecule has 16 atom stereocenters. The normalized spacial score (nSPS) is 21.0. The highest BCUT2D eigenvalue weighted by atomic mass is 16.5. The molecule has 19 N–H and O–H groups in total. The second-order valence-electron chi connectivity index (χ2n) is 22.4. The van der Waals surface area contributed by atoms with Gasteiger partial charge in [0.2, 0.25) is 65.0 Å². The molecule has 1 aromatic carbocycles. The second-order valence-corrected chi connectivity index (χ2v) is 22.4. The van der Waals surface area contributed by atoms with E-state index in [1.54, 1.807) is 62.4 Å². The fourth-order valence-electron chi connectivity index (χ4n) is 9.11. The number of likely N-dealkylation sites (N-methyl/N-ethyl adjacent to an activating group) is 1. The average Bonchev–Trinajstić information content (AvgIpc) is 3.12. The first-order valence-corrected chi connectivity index (χ1v) is 30.0. The molecule has 1 fully saturated rings. The predicted molar refractivity (Wildman–Crippen MR) is 324 cm³/mol. The first-order valence-electron chi connectivity index (χ1n) is 30.0. The van der Waals surface area contributed by atoms with Crippen LogP contribution in [0.5, 0.6) is 0 Å². The third-order valence-corrected chi connectivity index (χ3v) is 15.7. The number of aliphatic hydroxyl groups excluding tert-OH is 2. The van der Waals surface area contributed by atoms with Crippen molar-refractivity contribution in [2.75, 3.05) is 26.8 Å². The van der Waals surface area contributed by atoms with Crippen molar-refractivity contribution in [3.05, 3.63) is 35.9 Å². The van der Waals surface area contributed by atoms with E-state index >= 15 is 0 Å². The zero-order chi connectivity index (χ0) is 66.5. The second kappa shape index (κ2) is 38.3. The Kier molecular flexibility index (Phi) is 33.1. The Bertz CT molecular complexity index is 2560. The van der Waals surface area contributed by atoms with Crippen LogP contribution in [-0.2, 0) is 68.7 Å². The Morgan fingerprint density at radius 3 is 1.56 bits per heavy atom. The molecular formula is C58H97N15O15. The summed E-state index contributed by atoms with van der Waals surface area (Å²) in [5.74, 6) is -13.4. The van der Waals surface area contributed by atoms with Crippen molar-refractivity contribution in [3.8, 4) is 0 Å². The summed E-state index contributed by atoms with van der Waals surface area (Å²) < 4.78 is 5.71. The Morgan fingerprint density at radius 1 is 0.602 bits per heavy atom. The number of benzene rings is 1. The number of hydrogen-bond donors (Lipinski definition) is 16. The molecule has 494 valence electrons. The number of carbonyl (C=O) groups excluding carboxylic acids is 12. The Balaban J connectivity index is 2.41. The third kappa shape index (κ3) is 24.3. The van der Waals surface area contributed by atoms with E-state index in [4.69, 9.17) is 21.9 Å². The van der Waals surface area contributed by atoms with Crippen LogP contribution in [0.4, 0.5) is 0 Å². The number of amides is 11. The fraction of sp³-hybridized carbons (Fsp3) is 0.672. The van der Waals surface area contributed by atoms with Gasteiger partial charge < -0.3 is 90.6 Å². The molecule has 0 aliphatic carbocycles. The topological polar surface area (TPSA) is 477 Å². The van der Waals surface area contributed by atoms with E-state index < -0.39 is 193 Å². The van der Waals surface area contributed by atoms with Gasteiger partial charge in [0.1, 0.15) is 66.5 Å². The maximum atomic E-state index is 14.4. The summed E-state index contributed by atoms with van der Waals surface area (Å²) in [6.07, 6.45) is -0.509. The van der Waals surface area contributed by atoms with E-state index in [1.807, 2.05) is 30.3 Å². The van der Waals surface area contributed by atoms with E-state index in [-0.39, 0.29) is 38.2 Å². The number of hydrogen-bond acceptors (Lipinski definition) is 17. The molecule has 1 heterocycles. The average molecular weight is 1240 g/mol. The Hall–Kier alpha value is -7.99. The van der Waals surface area contributed by atoms with E-state index in [0.29, 0.717) is 19.3 Å². The lowest BCUT2D eigenvalue weighted by molar-refractivity contribution is -0.157. The maximum absolute atomic E-state index is 14.4. The van der Waals surface area contributed by atoms with Gasteiger partial charge in [0.25, 0.3) is 0 Å². The molecule has 1 aliphatic rings. The number of ether oxygens (including phenoxy) is 1. The lowest BCUT2D eigenvalue weighted by Gasteiger charge is -2.31. The minimum absolute atomic E-state index is 0.0239. The summed E-state index contributed by atoms with van der Waals surface area (Å²) in [7, 11) is 1.60. The molecule has 11 amide bonds. The number of nitrogens with one attached hydrogen (secondary N) is 11. The van der Waals surface area contributed by atoms with Crippen LogP contribution in [0.1, 0.15) is 126 Å². The van der Waals surface area contributed by atoms with Gasteiger partial charge in [0, 0.05) is 13.0 Å². The van der Waals surface area contributed by atoms with Crippen LogP contribution < -0.4 is 75.7 Å². The van der Waals surface area contributed by atoms with Crippen molar-refractivity contribution >= 4 is 76.9 Å². The molecule has 30 heteroatoms. The van der Waals surface area contributed by atoms with Gasteiger partial charge in [0.05, 0.1) is 19.3 Å². The lowest BCUT2D eigenvalue weighted by atomic mass is 9.94. The highest BCUT2D eigenvalue weighted by Crippen LogP contribution is 2.17. The summed E-state index contributed by atoms with van der Waals surface area (Å²) in [5.41, 5.74) is 17.2. The minimum atomic E-state index is -1.83. The zero-order valence-corrected chi connectivity index (χ0v) is 52.5. The quantitative estimate of drug-likeness (QED) is 0.0136. The minimum Gasteiger partial charge on any atom is -0.458 e. The van der Waals surface area contributed by atoms with Crippen LogP contribution in [0.15, 0.2) is 35.3 Å². The molecule has 0 saturated carbocycles. The number of guanidine groups is 1. The maximum Gasteiger partial charge on any atom is 0.329 e. The Morgan fingerprint density at radius 2 is 1.08 bits per heavy atom. The van der Waals surface area contributed by atoms with Gasteiger partial charge in [-0.05, 0) is 75.8 Å². The molecule has 0 unspecified atom stereocenters. The molecule has 1 aliphatic heterocycles. The third-order valence-electron chi connectivity index (χ3n) is 15.7. The van der Waals surface area contributed by atoms with Crippen molar-refractivity contribution in [2.24, 2.45) is 45.9 Å². The van der Waals surface area contributed by atoms with E-state index in [2.05, 4.69) is 63.5 Å². The van der Waals surface area contributed by atoms with Crippen LogP contribution >= 0.6 is 0 Å². The van der Waals surface area contributed by atoms with Crippen molar-refractivity contribution in [1.82, 2.24) is 58.5 Å². The number of nitrogens with two attached hydrogens (primary N) is 3. The molecular weight excluding hydrogens is 1150 g/mol. The number of aliphatic hydroxyl groups is 2. The number of nitrogens with zero attached hydrogens (tertiary/aromatic N) is 1. The largest absolute Gasteiger partial charge is 0.458 e. The molecule has 1 aromatic rings. The first kappa shape index (κ1) is 76.1. The summed E-state index contributed by atoms with van der Waals surface area (Å²) in [6.45, 7) is 14.2. The number of cyclic esters (lactones) is 1. The molecule has 0 spiro atoms. The van der Waals surface area contributed by atoms with E-state index in [1.165, 1.54) is 13.8 Å². The van der Waals surface area contributed by atoms with Crippen LogP contribution in [0.2, 0.25) is 0 Å². The number of rotatable bonds is 34. The standard InChI is InChI=1S/C58H97N15O15/c1-12-29(5)42(70-50(80)38(62-11)26-35-20-17-16-18-21-35)53(83)67-39(27-74)51(81)66-37(23-24-41(59)76)49(79)69-44(31(7)14-3)55(85)71-43(30(6)13-2)54(84)68-40(28-75)52(82)73-46-34(10)88-57(87)45(32(8)15-4)72-48(78)36(22-19-25-63-58(60)61)65-47(77)33(9)64-56(46)86/h16-18,20-21,29-34,36-40,42-46,62,74-75H,12-15,19,22-28H2,1-11H3,(H2,59,76)(H,64,86)(H,65,77)(H,66,81)(H,67,83)(H,68,84)(H,69,79)(H,70,80)(H,71,85)(H,72,78)(H,73,82)(H4,60,61,63)/t29-,30-,31-,32-,33-,34-,36-,37+,38+,39-,40-,42-,43-,44+,45-,46+/m0/s1. The molecule has 30 nitrogen and oxygen atoms in total. The van der Waals surface area contributed by atoms with Gasteiger partial charge >= 0.3 is 5.97 Å². The molecule has 2 rings (SSSR count). The fourth-order valence-corrected chi connectivity index (χ4v) is 9.11. The van der Waals surface area contributed by atoms with Gasteiger partial charge in [0.15, 0.2) is 5.96 Å². The Labute approximate surface area is 514 Å². The molecule has 0 aromatic heterocycles. The van der Waals surface area contributed by atoms with Crippen LogP contribution in [0, 0.1) is 23.7 Å². The lowest BCUT2D eigenvalue weighted by Crippen LogP contribution is -2.63. The predicted octanol–water partition coefficient (Wildman–Crippen LogP) is -3.88. The van der Waals surface area contributed by atoms with E-state index in [0.717, 1.165) is 5.56 Å². The highest BCUT2D eigenvalue weighted by Gasteiger charge is 2.41. The summed E-state index contributed by atoms with van der Waals surface area (Å²) >= 11 is 0. The SMILES string of the molecule is CC[C@H](C)[C@H](NC(=O)[C@@H](Cc1ccccc1)NC)C(=O)N[C@@H](CO)C(=O)N[C@H](CCC(N)=O)C(=O)N[C@@H](C(=O)N[C@H](C(=O)N[C@@H](CO)C(=O)N[C@H]1C(=O)N[C@@H](C)C(=O)N[C@@H](CCCN=C(N)N)C(=O)N[C@@H]([C@@H](C)CC)C(=O)O[C@H]1C)[C@@H](C)CC)[C@@H](C)CC. The van der Waals surface area contributed by atoms with Gasteiger partial charge in [-0.2, -0.15) is 0 Å². The number of primary amides is 1. The van der Waals surface area contributed by atoms with Gasteiger partial charge in [-0.25, -0.2) is 4.79 Å². The van der Waals surface area contributed by atoms with Crippen molar-refractivity contribution in [3.63, 3.8) is 0 Å². The number of aliphatic imine (C=N–C) groups is 1. The van der Waals surface area contributed by atoms with Gasteiger partial charge in [-0.3, -0.25) is 57.7 Å². The summed E-state index contributed by atoms with van der Waals surface area (Å²) in [4.78, 5) is 169. The highest BCUT2D eigenvalue weighted by molar-refractivity contribution is 5.99. The zero-order valence-electron chi connectivity index (χ0n) is 52.5. The van der Waals surface area contributed by atoms with Crippen LogP contribution in [-0.4, -0.2) is 186 Å². The molecule has 0 bridgehead atoms. The summed E-state index contributed by atoms with van der Waals surface area (Å²) in [6, 6.07) is -6.39. The first-order chi connectivity index (χ1) is 41.5. The number of carbonyl (C=O) groups is 12. The number of esters is 1. The van der Waals surface area contributed by atoms with Crippen molar-refractivity contribution in [1.29, 1.82) is 0 Å². The van der Waals surface area contributed by atoms with Crippen molar-refractivity contribution < 1.29 is 72.5 Å². The van der Waals surface area contributed by atoms with Crippen molar-refractivity contribution in [2.45, 2.75) is 200 Å². The molecule has 1 saturated heterocycles. The van der Waals surface area contributed by atoms with Gasteiger partial charge in [-0.15, -0.1) is 0 Å². The smallest absolute Gasteiger partial charge is 0.329 e. The van der Waals surface area contributed by atoms with Crippen LogP contribution in [0.3, 0.4) is 0 Å². The van der Waals surface area contributed by atoms with Crippen LogP contribution in [0.25, 0.3) is 0 Å². The van der Waals surface area contributed by atoms with E-state index in [9.17, 15) is 67.7 Å². The molecule has 0 radical (unpaired) electrons. The summed E-state index contributed by atoms with van der Waals surface area (Å²) in [5, 5.41) is 49.2. The molecule has 88 heavy (non-hydrogen) atoms.